The second-order valence-corrected chi connectivity index (χ2v) is 6.96. The summed E-state index contributed by atoms with van der Waals surface area (Å²) in [4.78, 5) is 24.4. The topological polar surface area (TPSA) is 79.5 Å². The molecule has 3 N–H and O–H groups in total. The Balaban J connectivity index is 1.86. The zero-order valence-electron chi connectivity index (χ0n) is 17.5. The van der Waals surface area contributed by atoms with Gasteiger partial charge in [-0.05, 0) is 56.2 Å². The van der Waals surface area contributed by atoms with Crippen molar-refractivity contribution in [1.29, 1.82) is 0 Å². The van der Waals surface area contributed by atoms with E-state index in [9.17, 15) is 9.59 Å². The third kappa shape index (κ3) is 7.49. The zero-order chi connectivity index (χ0) is 21.1. The largest absolute Gasteiger partial charge is 0.491 e. The van der Waals surface area contributed by atoms with Gasteiger partial charge in [-0.1, -0.05) is 32.4 Å². The first-order valence-electron chi connectivity index (χ1n) is 10.2. The fourth-order valence-electron chi connectivity index (χ4n) is 2.56. The molecule has 156 valence electrons. The van der Waals surface area contributed by atoms with Gasteiger partial charge < -0.3 is 20.7 Å². The van der Waals surface area contributed by atoms with E-state index in [1.165, 1.54) is 0 Å². The Labute approximate surface area is 173 Å². The first kappa shape index (κ1) is 22.3. The number of ether oxygens (including phenoxy) is 1. The van der Waals surface area contributed by atoms with E-state index in [0.717, 1.165) is 30.7 Å². The smallest absolute Gasteiger partial charge is 0.251 e. The maximum atomic E-state index is 12.3. The first-order chi connectivity index (χ1) is 14.0. The monoisotopic (exact) mass is 397 g/mol. The molecule has 0 saturated carbocycles. The Hall–Kier alpha value is -3.02. The van der Waals surface area contributed by atoms with Crippen LogP contribution in [-0.2, 0) is 4.79 Å². The van der Waals surface area contributed by atoms with E-state index >= 15 is 0 Å². The fourth-order valence-corrected chi connectivity index (χ4v) is 2.56. The number of carbonyl (C=O) groups excluding carboxylic acids is 2. The number of nitrogens with one attached hydrogen (secondary N) is 3. The molecule has 0 spiro atoms. The van der Waals surface area contributed by atoms with Crippen LogP contribution >= 0.6 is 0 Å². The highest BCUT2D eigenvalue weighted by Gasteiger charge is 2.10. The van der Waals surface area contributed by atoms with E-state index in [-0.39, 0.29) is 24.4 Å². The van der Waals surface area contributed by atoms with Gasteiger partial charge in [0.2, 0.25) is 5.91 Å². The van der Waals surface area contributed by atoms with Crippen molar-refractivity contribution < 1.29 is 14.3 Å². The van der Waals surface area contributed by atoms with Gasteiger partial charge in [-0.25, -0.2) is 0 Å². The van der Waals surface area contributed by atoms with Crippen LogP contribution in [0.2, 0.25) is 0 Å². The van der Waals surface area contributed by atoms with Crippen molar-refractivity contribution in [3.8, 4) is 5.75 Å². The number of amides is 2. The number of para-hydroxylation sites is 2. The molecule has 6 heteroatoms. The van der Waals surface area contributed by atoms with Gasteiger partial charge in [0, 0.05) is 17.3 Å². The Bertz CT molecular complexity index is 790. The van der Waals surface area contributed by atoms with E-state index in [2.05, 4.69) is 22.9 Å². The predicted octanol–water partition coefficient (Wildman–Crippen LogP) is 4.44. The Morgan fingerprint density at radius 1 is 1.03 bits per heavy atom. The van der Waals surface area contributed by atoms with Crippen LogP contribution in [0.5, 0.6) is 5.75 Å². The van der Waals surface area contributed by atoms with Crippen molar-refractivity contribution in [2.45, 2.75) is 46.1 Å². The first-order valence-corrected chi connectivity index (χ1v) is 10.2. The van der Waals surface area contributed by atoms with Crippen LogP contribution in [0.4, 0.5) is 11.4 Å². The third-order valence-corrected chi connectivity index (χ3v) is 4.50. The molecule has 1 unspecified atom stereocenters. The molecule has 0 fully saturated rings. The van der Waals surface area contributed by atoms with Crippen LogP contribution in [0.1, 0.15) is 50.4 Å². The molecule has 1 atom stereocenters. The quantitative estimate of drug-likeness (QED) is 0.490. The van der Waals surface area contributed by atoms with Crippen molar-refractivity contribution in [3.05, 3.63) is 54.1 Å². The summed E-state index contributed by atoms with van der Waals surface area (Å²) in [5, 5.41) is 8.86. The van der Waals surface area contributed by atoms with Crippen molar-refractivity contribution in [2.75, 3.05) is 23.8 Å². The van der Waals surface area contributed by atoms with E-state index in [0.29, 0.717) is 17.9 Å². The lowest BCUT2D eigenvalue weighted by Crippen LogP contribution is -2.31. The molecule has 2 aromatic carbocycles. The summed E-state index contributed by atoms with van der Waals surface area (Å²) in [7, 11) is 0. The maximum absolute atomic E-state index is 12.3. The molecule has 0 saturated heterocycles. The normalized spacial score (nSPS) is 11.4. The second-order valence-electron chi connectivity index (χ2n) is 6.96. The van der Waals surface area contributed by atoms with Crippen molar-refractivity contribution >= 4 is 23.2 Å². The molecular weight excluding hydrogens is 366 g/mol. The molecule has 0 heterocycles. The van der Waals surface area contributed by atoms with Gasteiger partial charge in [0.05, 0.1) is 18.8 Å². The van der Waals surface area contributed by atoms with Crippen LogP contribution in [0.25, 0.3) is 0 Å². The van der Waals surface area contributed by atoms with Gasteiger partial charge in [0.15, 0.2) is 0 Å². The van der Waals surface area contributed by atoms with Gasteiger partial charge in [-0.3, -0.25) is 9.59 Å². The predicted molar refractivity (Wildman–Crippen MR) is 118 cm³/mol. The van der Waals surface area contributed by atoms with Gasteiger partial charge in [0.25, 0.3) is 5.91 Å². The fraction of sp³-hybridized carbons (Fsp3) is 0.391. The van der Waals surface area contributed by atoms with Crippen molar-refractivity contribution in [2.24, 2.45) is 0 Å². The number of carbonyl (C=O) groups is 2. The molecule has 0 aromatic heterocycles. The summed E-state index contributed by atoms with van der Waals surface area (Å²) in [5.74, 6) is 0.453. The van der Waals surface area contributed by atoms with E-state index in [1.807, 2.05) is 38.1 Å². The van der Waals surface area contributed by atoms with Crippen molar-refractivity contribution in [3.63, 3.8) is 0 Å². The number of anilines is 2. The molecule has 6 nitrogen and oxygen atoms in total. The number of rotatable bonds is 11. The molecule has 0 radical (unpaired) electrons. The highest BCUT2D eigenvalue weighted by atomic mass is 16.5. The Morgan fingerprint density at radius 3 is 2.45 bits per heavy atom. The molecule has 2 rings (SSSR count). The van der Waals surface area contributed by atoms with Crippen LogP contribution in [0, 0.1) is 0 Å². The van der Waals surface area contributed by atoms with Crippen LogP contribution in [0.15, 0.2) is 48.5 Å². The molecule has 2 amide bonds. The molecule has 0 aliphatic rings. The molecule has 0 aliphatic heterocycles. The minimum absolute atomic E-state index is 0.112. The molecule has 2 aromatic rings. The molecule has 29 heavy (non-hydrogen) atoms. The SMILES string of the molecule is CCCCOc1ccccc1NCC(=O)Nc1ccc(C(=O)NC(C)CC)cc1. The molecular formula is C23H31N3O3. The van der Waals surface area contributed by atoms with Gasteiger partial charge >= 0.3 is 0 Å². The number of benzene rings is 2. The summed E-state index contributed by atoms with van der Waals surface area (Å²) in [6, 6.07) is 14.6. The number of hydrogen-bond donors (Lipinski definition) is 3. The Kier molecular flexibility index (Phi) is 9.02. The lowest BCUT2D eigenvalue weighted by atomic mass is 10.1. The number of unbranched alkanes of at least 4 members (excludes halogenated alkanes) is 1. The van der Waals surface area contributed by atoms with Crippen LogP contribution in [-0.4, -0.2) is 31.0 Å². The summed E-state index contributed by atoms with van der Waals surface area (Å²) in [6.45, 7) is 6.87. The van der Waals surface area contributed by atoms with Crippen molar-refractivity contribution in [1.82, 2.24) is 5.32 Å². The summed E-state index contributed by atoms with van der Waals surface area (Å²) < 4.78 is 5.77. The second kappa shape index (κ2) is 11.7. The molecule has 0 bridgehead atoms. The Morgan fingerprint density at radius 2 is 1.76 bits per heavy atom. The highest BCUT2D eigenvalue weighted by Crippen LogP contribution is 2.23. The average molecular weight is 398 g/mol. The summed E-state index contributed by atoms with van der Waals surface area (Å²) >= 11 is 0. The highest BCUT2D eigenvalue weighted by molar-refractivity contribution is 5.96. The standard InChI is InChI=1S/C23H31N3O3/c1-4-6-15-29-21-10-8-7-9-20(21)24-16-22(27)26-19-13-11-18(12-14-19)23(28)25-17(3)5-2/h7-14,17,24H,4-6,15-16H2,1-3H3,(H,25,28)(H,26,27). The minimum atomic E-state index is -0.176. The van der Waals surface area contributed by atoms with Gasteiger partial charge in [0.1, 0.15) is 5.75 Å². The summed E-state index contributed by atoms with van der Waals surface area (Å²) in [5.41, 5.74) is 2.00. The third-order valence-electron chi connectivity index (χ3n) is 4.50. The van der Waals surface area contributed by atoms with Crippen LogP contribution in [0.3, 0.4) is 0 Å². The maximum Gasteiger partial charge on any atom is 0.251 e. The minimum Gasteiger partial charge on any atom is -0.491 e. The van der Waals surface area contributed by atoms with E-state index in [1.54, 1.807) is 24.3 Å². The lowest BCUT2D eigenvalue weighted by Gasteiger charge is -2.13. The van der Waals surface area contributed by atoms with E-state index < -0.39 is 0 Å². The number of hydrogen-bond acceptors (Lipinski definition) is 4. The van der Waals surface area contributed by atoms with Gasteiger partial charge in [-0.2, -0.15) is 0 Å². The average Bonchev–Trinajstić information content (AvgIpc) is 2.73. The zero-order valence-corrected chi connectivity index (χ0v) is 17.5. The lowest BCUT2D eigenvalue weighted by molar-refractivity contribution is -0.114. The molecule has 0 aliphatic carbocycles. The van der Waals surface area contributed by atoms with Gasteiger partial charge in [-0.15, -0.1) is 0 Å². The van der Waals surface area contributed by atoms with Crippen LogP contribution < -0.4 is 20.7 Å². The van der Waals surface area contributed by atoms with E-state index in [4.69, 9.17) is 4.74 Å². The summed E-state index contributed by atoms with van der Waals surface area (Å²) in [6.07, 6.45) is 2.93.